The van der Waals surface area contributed by atoms with Gasteiger partial charge in [0.1, 0.15) is 12.2 Å². The molecule has 0 radical (unpaired) electrons. The molecule has 4 rings (SSSR count). The van der Waals surface area contributed by atoms with Gasteiger partial charge in [0.2, 0.25) is 0 Å². The van der Waals surface area contributed by atoms with Crippen molar-refractivity contribution in [3.8, 4) is 0 Å². The number of carbonyl (C=O) groups is 2. The molecule has 4 aliphatic carbocycles. The summed E-state index contributed by atoms with van der Waals surface area (Å²) in [6.07, 6.45) is 4.32. The predicted octanol–water partition coefficient (Wildman–Crippen LogP) is 6.14. The van der Waals surface area contributed by atoms with Gasteiger partial charge in [-0.05, 0) is 61.2 Å². The minimum absolute atomic E-state index is 0.0351. The van der Waals surface area contributed by atoms with Crippen molar-refractivity contribution in [1.82, 2.24) is 0 Å². The smallest absolute Gasteiger partial charge is 0.443 e. The lowest BCUT2D eigenvalue weighted by molar-refractivity contribution is -0.00458. The molecular formula is C22H34N2O4. The SMILES string of the molecule is CC1(C)[C@@H]2CC[C@@]1(C)[C@H](OC(=O)/N=N/C(=O)O[C@@H]1C[C@H]3CC[C@]1(C)C3(C)C)C2. The molecular weight excluding hydrogens is 356 g/mol. The maximum absolute atomic E-state index is 12.2. The van der Waals surface area contributed by atoms with Crippen molar-refractivity contribution >= 4 is 12.2 Å². The lowest BCUT2D eigenvalue weighted by Gasteiger charge is -2.38. The topological polar surface area (TPSA) is 77.3 Å². The minimum atomic E-state index is -0.786. The molecule has 0 aromatic carbocycles. The van der Waals surface area contributed by atoms with E-state index in [1.165, 1.54) is 12.8 Å². The highest BCUT2D eigenvalue weighted by Gasteiger charge is 2.64. The van der Waals surface area contributed by atoms with Gasteiger partial charge in [0, 0.05) is 10.8 Å². The zero-order valence-electron chi connectivity index (χ0n) is 18.1. The van der Waals surface area contributed by atoms with Crippen LogP contribution in [0.2, 0.25) is 0 Å². The van der Waals surface area contributed by atoms with Gasteiger partial charge in [-0.25, -0.2) is 9.59 Å². The Labute approximate surface area is 167 Å². The third-order valence-corrected chi connectivity index (χ3v) is 10.1. The molecule has 2 amide bonds. The highest BCUT2D eigenvalue weighted by molar-refractivity contribution is 5.73. The van der Waals surface area contributed by atoms with E-state index in [9.17, 15) is 9.59 Å². The first kappa shape index (κ1) is 19.8. The van der Waals surface area contributed by atoms with Gasteiger partial charge in [-0.3, -0.25) is 0 Å². The molecule has 156 valence electrons. The van der Waals surface area contributed by atoms with Crippen molar-refractivity contribution in [2.24, 2.45) is 43.7 Å². The second kappa shape index (κ2) is 6.02. The third-order valence-electron chi connectivity index (χ3n) is 10.1. The van der Waals surface area contributed by atoms with E-state index in [0.717, 1.165) is 25.7 Å². The van der Waals surface area contributed by atoms with Gasteiger partial charge in [0.15, 0.2) is 0 Å². The van der Waals surface area contributed by atoms with Gasteiger partial charge in [-0.1, -0.05) is 51.8 Å². The van der Waals surface area contributed by atoms with Crippen molar-refractivity contribution in [3.63, 3.8) is 0 Å². The zero-order chi connectivity index (χ0) is 20.5. The van der Waals surface area contributed by atoms with E-state index < -0.39 is 12.2 Å². The fraction of sp³-hybridized carbons (Fsp3) is 0.909. The van der Waals surface area contributed by atoms with Crippen LogP contribution < -0.4 is 0 Å². The normalized spacial score (nSPS) is 44.9. The Balaban J connectivity index is 1.33. The molecule has 4 aliphatic rings. The Morgan fingerprint density at radius 3 is 1.32 bits per heavy atom. The molecule has 4 fully saturated rings. The van der Waals surface area contributed by atoms with Crippen molar-refractivity contribution in [2.75, 3.05) is 0 Å². The standard InChI is InChI=1S/C22H34N2O4/c1-19(2)13-7-9-21(19,5)15(11-13)27-17(25)23-24-18(26)28-16-12-14-8-10-22(16,6)20(14,3)4/h13-16H,7-12H2,1-6H3/b24-23+/t13-,14-,15-,16-,21+,22+/m1/s1. The monoisotopic (exact) mass is 390 g/mol. The summed E-state index contributed by atoms with van der Waals surface area (Å²) in [5.41, 5.74) is 0.231. The van der Waals surface area contributed by atoms with Gasteiger partial charge < -0.3 is 9.47 Å². The van der Waals surface area contributed by atoms with E-state index in [-0.39, 0.29) is 33.9 Å². The summed E-state index contributed by atoms with van der Waals surface area (Å²) in [6, 6.07) is 0. The Morgan fingerprint density at radius 2 is 1.07 bits per heavy atom. The largest absolute Gasteiger partial charge is 0.452 e. The molecule has 4 saturated carbocycles. The molecule has 6 atom stereocenters. The van der Waals surface area contributed by atoms with E-state index in [4.69, 9.17) is 9.47 Å². The van der Waals surface area contributed by atoms with Gasteiger partial charge in [-0.15, -0.1) is 0 Å². The average molecular weight is 391 g/mol. The number of fused-ring (bicyclic) bond motifs is 4. The zero-order valence-corrected chi connectivity index (χ0v) is 18.1. The summed E-state index contributed by atoms with van der Waals surface area (Å²) in [5, 5.41) is 7.01. The molecule has 0 spiro atoms. The number of amides is 2. The minimum Gasteiger partial charge on any atom is -0.443 e. The summed E-state index contributed by atoms with van der Waals surface area (Å²) in [5.74, 6) is 1.14. The van der Waals surface area contributed by atoms with Crippen molar-refractivity contribution in [1.29, 1.82) is 0 Å². The molecule has 0 saturated heterocycles. The van der Waals surface area contributed by atoms with E-state index in [1.807, 2.05) is 0 Å². The van der Waals surface area contributed by atoms with Crippen LogP contribution in [0.3, 0.4) is 0 Å². The average Bonchev–Trinajstić information content (AvgIpc) is 3.12. The van der Waals surface area contributed by atoms with Crippen LogP contribution >= 0.6 is 0 Å². The molecule has 0 heterocycles. The third kappa shape index (κ3) is 2.51. The number of carbonyl (C=O) groups excluding carboxylic acids is 2. The first-order valence-electron chi connectivity index (χ1n) is 10.7. The molecule has 0 aromatic rings. The molecule has 0 unspecified atom stereocenters. The fourth-order valence-corrected chi connectivity index (χ4v) is 6.99. The fourth-order valence-electron chi connectivity index (χ4n) is 6.99. The second-order valence-corrected chi connectivity index (χ2v) is 11.2. The van der Waals surface area contributed by atoms with Crippen molar-refractivity contribution < 1.29 is 19.1 Å². The Hall–Kier alpha value is -1.46. The van der Waals surface area contributed by atoms with Crippen molar-refractivity contribution in [3.05, 3.63) is 0 Å². The van der Waals surface area contributed by atoms with Gasteiger partial charge in [0.25, 0.3) is 0 Å². The molecule has 0 N–H and O–H groups in total. The number of nitrogens with zero attached hydrogens (tertiary/aromatic N) is 2. The molecule has 6 nitrogen and oxygen atoms in total. The first-order chi connectivity index (χ1) is 12.9. The van der Waals surface area contributed by atoms with Crippen LogP contribution in [0.15, 0.2) is 10.2 Å². The van der Waals surface area contributed by atoms with Gasteiger partial charge >= 0.3 is 12.2 Å². The molecule has 6 heteroatoms. The summed E-state index contributed by atoms with van der Waals surface area (Å²) in [4.78, 5) is 24.3. The van der Waals surface area contributed by atoms with E-state index in [0.29, 0.717) is 11.8 Å². The predicted molar refractivity (Wildman–Crippen MR) is 104 cm³/mol. The second-order valence-electron chi connectivity index (χ2n) is 11.2. The van der Waals surface area contributed by atoms with Gasteiger partial charge in [0.05, 0.1) is 0 Å². The van der Waals surface area contributed by atoms with Crippen molar-refractivity contribution in [2.45, 2.75) is 92.3 Å². The quantitative estimate of drug-likeness (QED) is 0.530. The molecule has 0 aliphatic heterocycles. The first-order valence-corrected chi connectivity index (χ1v) is 10.7. The van der Waals surface area contributed by atoms with E-state index in [2.05, 4.69) is 51.8 Å². The van der Waals surface area contributed by atoms with Crippen LogP contribution in [0.5, 0.6) is 0 Å². The summed E-state index contributed by atoms with van der Waals surface area (Å²) >= 11 is 0. The van der Waals surface area contributed by atoms with E-state index in [1.54, 1.807) is 0 Å². The van der Waals surface area contributed by atoms with Crippen LogP contribution in [0.4, 0.5) is 9.59 Å². The van der Waals surface area contributed by atoms with E-state index >= 15 is 0 Å². The maximum atomic E-state index is 12.2. The van der Waals surface area contributed by atoms with Crippen LogP contribution in [-0.2, 0) is 9.47 Å². The Bertz CT molecular complexity index is 670. The van der Waals surface area contributed by atoms with Crippen LogP contribution in [0.1, 0.15) is 80.1 Å². The lowest BCUT2D eigenvalue weighted by Crippen LogP contribution is -2.38. The Kier molecular flexibility index (Phi) is 4.27. The maximum Gasteiger partial charge on any atom is 0.452 e. The summed E-state index contributed by atoms with van der Waals surface area (Å²) in [6.45, 7) is 13.4. The van der Waals surface area contributed by atoms with Crippen LogP contribution in [0.25, 0.3) is 0 Å². The summed E-state index contributed by atoms with van der Waals surface area (Å²) < 4.78 is 11.2. The molecule has 0 aromatic heterocycles. The molecule has 28 heavy (non-hydrogen) atoms. The number of hydrogen-bond acceptors (Lipinski definition) is 4. The highest BCUT2D eigenvalue weighted by atomic mass is 16.6. The number of ether oxygens (including phenoxy) is 2. The number of rotatable bonds is 2. The van der Waals surface area contributed by atoms with Crippen LogP contribution in [-0.4, -0.2) is 24.4 Å². The Morgan fingerprint density at radius 1 is 0.714 bits per heavy atom. The van der Waals surface area contributed by atoms with Gasteiger partial charge in [-0.2, -0.15) is 0 Å². The number of azo groups is 1. The summed E-state index contributed by atoms with van der Waals surface area (Å²) in [7, 11) is 0. The lowest BCUT2D eigenvalue weighted by atomic mass is 9.70. The highest BCUT2D eigenvalue weighted by Crippen LogP contribution is 2.67. The van der Waals surface area contributed by atoms with Crippen LogP contribution in [0, 0.1) is 33.5 Å². The number of hydrogen-bond donors (Lipinski definition) is 0. The molecule has 4 bridgehead atoms.